The van der Waals surface area contributed by atoms with Gasteiger partial charge in [-0.25, -0.2) is 0 Å². The van der Waals surface area contributed by atoms with Gasteiger partial charge >= 0.3 is 0 Å². The molecule has 0 aromatic heterocycles. The Morgan fingerprint density at radius 1 is 1.03 bits per heavy atom. The van der Waals surface area contributed by atoms with E-state index in [1.165, 1.54) is 0 Å². The van der Waals surface area contributed by atoms with Crippen molar-refractivity contribution in [2.45, 2.75) is 35.3 Å². The fraction of sp³-hybridized carbons (Fsp3) is 0.519. The number of rotatable bonds is 7. The molecule has 0 bridgehead atoms. The van der Waals surface area contributed by atoms with Gasteiger partial charge in [-0.2, -0.15) is 0 Å². The Labute approximate surface area is 215 Å². The quantitative estimate of drug-likeness (QED) is 0.445. The van der Waals surface area contributed by atoms with E-state index in [0.717, 1.165) is 12.1 Å². The minimum Gasteiger partial charge on any atom is -0.497 e. The van der Waals surface area contributed by atoms with Crippen LogP contribution in [0.2, 0.25) is 0 Å². The number of hydrogen-bond donors (Lipinski definition) is 1. The molecule has 1 spiro atoms. The number of likely N-dealkylation sites (tertiary alicyclic amines) is 1. The third-order valence-corrected chi connectivity index (χ3v) is 9.55. The fourth-order valence-electron chi connectivity index (χ4n) is 6.07. The van der Waals surface area contributed by atoms with Gasteiger partial charge in [0.25, 0.3) is 5.91 Å². The number of aliphatic hydroxyl groups excluding tert-OH is 1. The maximum Gasteiger partial charge on any atom is 0.251 e. The lowest BCUT2D eigenvalue weighted by atomic mass is 9.78. The highest BCUT2D eigenvalue weighted by Crippen LogP contribution is 2.61. The fourth-order valence-corrected chi connectivity index (χ4v) is 8.07. The highest BCUT2D eigenvalue weighted by Gasteiger charge is 2.70. The summed E-state index contributed by atoms with van der Waals surface area (Å²) >= 11 is 1.60. The van der Waals surface area contributed by atoms with E-state index in [1.807, 2.05) is 48.6 Å². The molecular weight excluding hydrogens is 478 g/mol. The van der Waals surface area contributed by atoms with Gasteiger partial charge in [-0.05, 0) is 43.5 Å². The summed E-state index contributed by atoms with van der Waals surface area (Å²) in [5.74, 6) is -0.668. The Morgan fingerprint density at radius 3 is 2.53 bits per heavy atom. The molecule has 9 heteroatoms. The molecule has 1 aromatic rings. The number of anilines is 1. The van der Waals surface area contributed by atoms with E-state index in [2.05, 4.69) is 0 Å². The van der Waals surface area contributed by atoms with Gasteiger partial charge in [0.2, 0.25) is 11.8 Å². The number of hydrogen-bond acceptors (Lipinski definition) is 6. The van der Waals surface area contributed by atoms with Crippen LogP contribution in [-0.2, 0) is 14.4 Å². The highest BCUT2D eigenvalue weighted by atomic mass is 32.2. The number of thioether (sulfide) groups is 1. The summed E-state index contributed by atoms with van der Waals surface area (Å²) in [5, 5.41) is 9.05. The second kappa shape index (κ2) is 9.94. The maximum absolute atomic E-state index is 14.3. The first kappa shape index (κ1) is 24.9. The van der Waals surface area contributed by atoms with Gasteiger partial charge in [0.15, 0.2) is 0 Å². The van der Waals surface area contributed by atoms with Crippen molar-refractivity contribution in [3.63, 3.8) is 0 Å². The lowest BCUT2D eigenvalue weighted by Crippen LogP contribution is -2.53. The number of methoxy groups -OCH3 is 1. The van der Waals surface area contributed by atoms with Gasteiger partial charge in [0.05, 0.1) is 23.7 Å². The first-order valence-corrected chi connectivity index (χ1v) is 13.4. The van der Waals surface area contributed by atoms with Crippen molar-refractivity contribution in [2.24, 2.45) is 11.8 Å². The number of fused-ring (bicyclic) bond motifs is 2. The number of unbranched alkanes of at least 4 members (excludes halogenated alkanes) is 2. The van der Waals surface area contributed by atoms with Crippen molar-refractivity contribution < 1.29 is 24.2 Å². The molecule has 8 nitrogen and oxygen atoms in total. The summed E-state index contributed by atoms with van der Waals surface area (Å²) in [5.41, 5.74) is 0.742. The van der Waals surface area contributed by atoms with Gasteiger partial charge in [-0.15, -0.1) is 11.8 Å². The minimum absolute atomic E-state index is 0.0364. The predicted molar refractivity (Wildman–Crippen MR) is 139 cm³/mol. The van der Waals surface area contributed by atoms with Crippen molar-refractivity contribution in [1.29, 1.82) is 0 Å². The highest BCUT2D eigenvalue weighted by molar-refractivity contribution is 8.02. The molecule has 1 unspecified atom stereocenters. The number of amides is 3. The summed E-state index contributed by atoms with van der Waals surface area (Å²) < 4.78 is 4.47. The summed E-state index contributed by atoms with van der Waals surface area (Å²) in [4.78, 5) is 46.9. The number of likely N-dealkylation sites (N-methyl/N-ethyl adjacent to an activating group) is 1. The number of nitrogens with zero attached hydrogens (tertiary/aromatic N) is 3. The van der Waals surface area contributed by atoms with Crippen LogP contribution < -0.4 is 9.64 Å². The zero-order valence-electron chi connectivity index (χ0n) is 20.7. The SMILES string of the molecule is COc1ccc(N2CC=C[C@]34S[C@@H]5C=CCN(C)C(=O)[C@@H]5[C@H]3C(=O)N(CCCCCO)C4C2=O)cc1. The molecule has 36 heavy (non-hydrogen) atoms. The lowest BCUT2D eigenvalue weighted by Gasteiger charge is -2.35. The summed E-state index contributed by atoms with van der Waals surface area (Å²) in [6.45, 7) is 1.44. The normalized spacial score (nSPS) is 31.3. The molecule has 192 valence electrons. The number of carbonyl (C=O) groups excluding carboxylic acids is 3. The summed E-state index contributed by atoms with van der Waals surface area (Å²) in [6, 6.07) is 6.66. The number of ether oxygens (including phenoxy) is 1. The third kappa shape index (κ3) is 3.93. The van der Waals surface area contributed by atoms with E-state index in [-0.39, 0.29) is 29.6 Å². The topological polar surface area (TPSA) is 90.4 Å². The largest absolute Gasteiger partial charge is 0.497 e. The average Bonchev–Trinajstić information content (AvgIpc) is 3.20. The van der Waals surface area contributed by atoms with E-state index in [4.69, 9.17) is 4.74 Å². The molecule has 2 fully saturated rings. The van der Waals surface area contributed by atoms with E-state index >= 15 is 0 Å². The molecule has 5 atom stereocenters. The van der Waals surface area contributed by atoms with Crippen LogP contribution in [0.15, 0.2) is 48.6 Å². The lowest BCUT2D eigenvalue weighted by molar-refractivity contribution is -0.142. The Kier molecular flexibility index (Phi) is 6.87. The zero-order valence-corrected chi connectivity index (χ0v) is 21.5. The average molecular weight is 512 g/mol. The Balaban J connectivity index is 1.55. The van der Waals surface area contributed by atoms with Crippen LogP contribution in [0.1, 0.15) is 19.3 Å². The molecular formula is C27H33N3O5S. The predicted octanol–water partition coefficient (Wildman–Crippen LogP) is 2.09. The summed E-state index contributed by atoms with van der Waals surface area (Å²) in [7, 11) is 3.37. The molecule has 5 rings (SSSR count). The molecule has 2 saturated heterocycles. The molecule has 3 amide bonds. The van der Waals surface area contributed by atoms with Crippen molar-refractivity contribution >= 4 is 35.2 Å². The molecule has 4 aliphatic rings. The molecule has 0 saturated carbocycles. The van der Waals surface area contributed by atoms with Crippen LogP contribution in [0.3, 0.4) is 0 Å². The van der Waals surface area contributed by atoms with Gasteiger partial charge in [0, 0.05) is 44.2 Å². The van der Waals surface area contributed by atoms with Gasteiger partial charge in [0.1, 0.15) is 11.8 Å². The van der Waals surface area contributed by atoms with E-state index in [0.29, 0.717) is 38.2 Å². The second-order valence-corrected chi connectivity index (χ2v) is 11.3. The number of aliphatic hydroxyl groups is 1. The van der Waals surface area contributed by atoms with Crippen molar-refractivity contribution in [1.82, 2.24) is 9.80 Å². The third-order valence-electron chi connectivity index (χ3n) is 7.80. The first-order valence-electron chi connectivity index (χ1n) is 12.6. The first-order chi connectivity index (χ1) is 17.4. The Bertz CT molecular complexity index is 1090. The zero-order chi connectivity index (χ0) is 25.4. The van der Waals surface area contributed by atoms with Crippen molar-refractivity contribution in [3.05, 3.63) is 48.6 Å². The molecule has 4 heterocycles. The Morgan fingerprint density at radius 2 is 1.81 bits per heavy atom. The van der Waals surface area contributed by atoms with Crippen LogP contribution in [0, 0.1) is 11.8 Å². The smallest absolute Gasteiger partial charge is 0.251 e. The molecule has 1 aromatic carbocycles. The Hall–Kier alpha value is -2.78. The number of carbonyl (C=O) groups is 3. The standard InChI is InChI=1S/C27H33N3O5S/c1-28-14-6-8-20-21(24(28)32)22-25(33)30(15-4-3-5-17-31)23-26(34)29(16-7-13-27(22,23)36-20)18-9-11-19(35-2)12-10-18/h6-13,20-23,31H,3-5,14-17H2,1-2H3/t20-,21+,22+,23?,27+/m1/s1. The monoisotopic (exact) mass is 511 g/mol. The molecule has 1 N–H and O–H groups in total. The van der Waals surface area contributed by atoms with Crippen LogP contribution in [0.5, 0.6) is 5.75 Å². The maximum atomic E-state index is 14.3. The van der Waals surface area contributed by atoms with Gasteiger partial charge in [-0.3, -0.25) is 14.4 Å². The van der Waals surface area contributed by atoms with Gasteiger partial charge < -0.3 is 24.5 Å². The van der Waals surface area contributed by atoms with E-state index in [9.17, 15) is 19.5 Å². The molecule has 0 radical (unpaired) electrons. The second-order valence-electron chi connectivity index (χ2n) is 9.85. The van der Waals surface area contributed by atoms with Crippen molar-refractivity contribution in [2.75, 3.05) is 45.3 Å². The van der Waals surface area contributed by atoms with Gasteiger partial charge in [-0.1, -0.05) is 24.3 Å². The van der Waals surface area contributed by atoms with Crippen molar-refractivity contribution in [3.8, 4) is 5.75 Å². The number of benzene rings is 1. The molecule has 4 aliphatic heterocycles. The van der Waals surface area contributed by atoms with Crippen LogP contribution in [-0.4, -0.2) is 89.1 Å². The minimum atomic E-state index is -0.806. The van der Waals surface area contributed by atoms with E-state index < -0.39 is 22.6 Å². The summed E-state index contributed by atoms with van der Waals surface area (Å²) in [6.07, 6.45) is 10.2. The van der Waals surface area contributed by atoms with E-state index in [1.54, 1.807) is 40.6 Å². The van der Waals surface area contributed by atoms with Crippen LogP contribution >= 0.6 is 11.8 Å². The van der Waals surface area contributed by atoms with Crippen LogP contribution in [0.4, 0.5) is 5.69 Å². The van der Waals surface area contributed by atoms with Crippen LogP contribution in [0.25, 0.3) is 0 Å². The molecule has 0 aliphatic carbocycles.